The fourth-order valence-electron chi connectivity index (χ4n) is 1.63. The lowest BCUT2D eigenvalue weighted by Gasteiger charge is -2.23. The Morgan fingerprint density at radius 2 is 2.05 bits per heavy atom. The van der Waals surface area contributed by atoms with Gasteiger partial charge in [-0.25, -0.2) is 0 Å². The van der Waals surface area contributed by atoms with Crippen molar-refractivity contribution < 1.29 is 14.7 Å². The average molecular weight is 327 g/mol. The summed E-state index contributed by atoms with van der Waals surface area (Å²) in [6.07, 6.45) is 1.65. The van der Waals surface area contributed by atoms with Gasteiger partial charge in [0.2, 0.25) is 0 Å². The third-order valence-electron chi connectivity index (χ3n) is 2.72. The van der Waals surface area contributed by atoms with Gasteiger partial charge < -0.3 is 9.90 Å². The van der Waals surface area contributed by atoms with Crippen molar-refractivity contribution in [3.05, 3.63) is 39.8 Å². The third-order valence-corrected chi connectivity index (χ3v) is 4.30. The molecular formula is C13H9ClNO3S2-. The molecule has 7 heteroatoms. The van der Waals surface area contributed by atoms with E-state index in [1.807, 2.05) is 0 Å². The highest BCUT2D eigenvalue weighted by Crippen LogP contribution is 2.33. The van der Waals surface area contributed by atoms with Crippen molar-refractivity contribution in [2.45, 2.75) is 13.0 Å². The number of carboxylic acids is 1. The number of hydrogen-bond acceptors (Lipinski definition) is 5. The number of thioether (sulfide) groups is 1. The van der Waals surface area contributed by atoms with Crippen molar-refractivity contribution in [3.8, 4) is 0 Å². The quantitative estimate of drug-likeness (QED) is 0.625. The monoisotopic (exact) mass is 326 g/mol. The summed E-state index contributed by atoms with van der Waals surface area (Å²) in [5.41, 5.74) is 0.788. The first kappa shape index (κ1) is 15.0. The minimum atomic E-state index is -1.34. The number of amides is 1. The van der Waals surface area contributed by atoms with E-state index in [0.29, 0.717) is 9.93 Å². The molecule has 1 aliphatic rings. The minimum absolute atomic E-state index is 0.215. The van der Waals surface area contributed by atoms with Crippen LogP contribution < -0.4 is 5.11 Å². The van der Waals surface area contributed by atoms with Crippen LogP contribution in [0.15, 0.2) is 29.2 Å². The van der Waals surface area contributed by atoms with E-state index < -0.39 is 17.9 Å². The fourth-order valence-corrected chi connectivity index (χ4v) is 3.17. The van der Waals surface area contributed by atoms with E-state index in [4.69, 9.17) is 23.8 Å². The Morgan fingerprint density at radius 1 is 1.45 bits per heavy atom. The summed E-state index contributed by atoms with van der Waals surface area (Å²) in [6.45, 7) is 1.37. The lowest BCUT2D eigenvalue weighted by Crippen LogP contribution is -2.48. The van der Waals surface area contributed by atoms with E-state index in [1.165, 1.54) is 6.92 Å². The van der Waals surface area contributed by atoms with E-state index in [1.54, 1.807) is 30.3 Å². The van der Waals surface area contributed by atoms with Gasteiger partial charge >= 0.3 is 0 Å². The van der Waals surface area contributed by atoms with Gasteiger partial charge in [0.25, 0.3) is 5.91 Å². The van der Waals surface area contributed by atoms with Crippen molar-refractivity contribution in [1.82, 2.24) is 4.90 Å². The molecule has 1 amide bonds. The Morgan fingerprint density at radius 3 is 2.60 bits per heavy atom. The summed E-state index contributed by atoms with van der Waals surface area (Å²) in [5, 5.41) is 11.5. The molecule has 1 saturated heterocycles. The lowest BCUT2D eigenvalue weighted by atomic mass is 10.2. The smallest absolute Gasteiger partial charge is 0.266 e. The van der Waals surface area contributed by atoms with E-state index in [0.717, 1.165) is 22.2 Å². The zero-order valence-corrected chi connectivity index (χ0v) is 12.7. The van der Waals surface area contributed by atoms with Gasteiger partial charge in [0, 0.05) is 5.02 Å². The number of carbonyl (C=O) groups excluding carboxylic acids is 2. The number of carbonyl (C=O) groups is 2. The molecule has 1 heterocycles. The van der Waals surface area contributed by atoms with Crippen LogP contribution in [-0.4, -0.2) is 27.1 Å². The molecule has 104 valence electrons. The molecular weight excluding hydrogens is 318 g/mol. The van der Waals surface area contributed by atoms with E-state index in [9.17, 15) is 14.7 Å². The molecule has 0 radical (unpaired) electrons. The number of rotatable bonds is 3. The molecule has 1 aromatic rings. The van der Waals surface area contributed by atoms with Crippen molar-refractivity contribution in [3.63, 3.8) is 0 Å². The summed E-state index contributed by atoms with van der Waals surface area (Å²) >= 11 is 11.9. The highest BCUT2D eigenvalue weighted by Gasteiger charge is 2.35. The van der Waals surface area contributed by atoms with Crippen LogP contribution in [0.1, 0.15) is 12.5 Å². The van der Waals surface area contributed by atoms with Gasteiger partial charge in [0.05, 0.1) is 16.9 Å². The van der Waals surface area contributed by atoms with Crippen LogP contribution in [0.25, 0.3) is 6.08 Å². The second-order valence-corrected chi connectivity index (χ2v) is 6.21. The van der Waals surface area contributed by atoms with Crippen LogP contribution >= 0.6 is 35.6 Å². The first-order valence-electron chi connectivity index (χ1n) is 5.63. The van der Waals surface area contributed by atoms with Gasteiger partial charge in [-0.1, -0.05) is 47.7 Å². The molecule has 0 bridgehead atoms. The molecule has 1 aromatic carbocycles. The molecule has 1 aliphatic heterocycles. The molecule has 2 rings (SSSR count). The Balaban J connectivity index is 2.28. The first-order valence-corrected chi connectivity index (χ1v) is 7.24. The number of hydrogen-bond donors (Lipinski definition) is 0. The molecule has 0 aliphatic carbocycles. The largest absolute Gasteiger partial charge is 0.548 e. The standard InChI is InChI=1S/C13H10ClNO3S2/c1-7(12(17)18)15-11(16)10(20-13(15)19)6-8-2-4-9(14)5-3-8/h2-7H,1H3,(H,17,18)/p-1/b10-6-/t7-/m1/s1. The van der Waals surface area contributed by atoms with E-state index in [-0.39, 0.29) is 4.32 Å². The summed E-state index contributed by atoms with van der Waals surface area (Å²) in [6, 6.07) is 5.85. The predicted octanol–water partition coefficient (Wildman–Crippen LogP) is 1.68. The van der Waals surface area contributed by atoms with Crippen LogP contribution in [0.2, 0.25) is 5.02 Å². The molecule has 0 spiro atoms. The summed E-state index contributed by atoms with van der Waals surface area (Å²) in [5.74, 6) is -1.76. The fraction of sp³-hybridized carbons (Fsp3) is 0.154. The third kappa shape index (κ3) is 3.03. The Kier molecular flexibility index (Phi) is 4.47. The molecule has 0 saturated carbocycles. The van der Waals surface area contributed by atoms with Gasteiger partial charge in [-0.3, -0.25) is 9.69 Å². The highest BCUT2D eigenvalue weighted by molar-refractivity contribution is 8.26. The molecule has 4 nitrogen and oxygen atoms in total. The zero-order chi connectivity index (χ0) is 14.9. The van der Waals surface area contributed by atoms with Gasteiger partial charge in [0.1, 0.15) is 4.32 Å². The van der Waals surface area contributed by atoms with E-state index in [2.05, 4.69) is 0 Å². The topological polar surface area (TPSA) is 60.4 Å². The summed E-state index contributed by atoms with van der Waals surface area (Å²) in [4.78, 5) is 24.5. The van der Waals surface area contributed by atoms with Gasteiger partial charge in [-0.15, -0.1) is 0 Å². The zero-order valence-electron chi connectivity index (χ0n) is 10.3. The second kappa shape index (κ2) is 5.95. The summed E-state index contributed by atoms with van der Waals surface area (Å²) < 4.78 is 0.215. The van der Waals surface area contributed by atoms with Crippen LogP contribution in [0.5, 0.6) is 0 Å². The molecule has 1 atom stereocenters. The Bertz CT molecular complexity index is 613. The molecule has 0 N–H and O–H groups in total. The maximum atomic E-state index is 12.2. The normalized spacial score (nSPS) is 18.7. The van der Waals surface area contributed by atoms with Crippen molar-refractivity contribution >= 4 is 57.9 Å². The minimum Gasteiger partial charge on any atom is -0.548 e. The maximum absolute atomic E-state index is 12.2. The molecule has 20 heavy (non-hydrogen) atoms. The maximum Gasteiger partial charge on any atom is 0.266 e. The van der Waals surface area contributed by atoms with Crippen LogP contribution in [0, 0.1) is 0 Å². The molecule has 0 aromatic heterocycles. The number of halogens is 1. The number of benzene rings is 1. The van der Waals surface area contributed by atoms with E-state index >= 15 is 0 Å². The first-order chi connectivity index (χ1) is 9.40. The average Bonchev–Trinajstić information content (AvgIpc) is 2.66. The van der Waals surface area contributed by atoms with Crippen LogP contribution in [0.3, 0.4) is 0 Å². The second-order valence-electron chi connectivity index (χ2n) is 4.10. The molecule has 1 fully saturated rings. The Hall–Kier alpha value is -1.37. The van der Waals surface area contributed by atoms with Crippen LogP contribution in [-0.2, 0) is 9.59 Å². The van der Waals surface area contributed by atoms with Crippen molar-refractivity contribution in [1.29, 1.82) is 0 Å². The van der Waals surface area contributed by atoms with Gasteiger partial charge in [0.15, 0.2) is 0 Å². The molecule has 0 unspecified atom stereocenters. The van der Waals surface area contributed by atoms with Crippen molar-refractivity contribution in [2.75, 3.05) is 0 Å². The Labute approximate surface area is 130 Å². The van der Waals surface area contributed by atoms with Gasteiger partial charge in [-0.2, -0.15) is 0 Å². The van der Waals surface area contributed by atoms with Crippen LogP contribution in [0.4, 0.5) is 0 Å². The number of thiocarbonyl (C=S) groups is 1. The lowest BCUT2D eigenvalue weighted by molar-refractivity contribution is -0.309. The number of carboxylic acid groups (broad SMARTS) is 1. The van der Waals surface area contributed by atoms with Gasteiger partial charge in [-0.05, 0) is 30.7 Å². The SMILES string of the molecule is C[C@H](C(=O)[O-])N1C(=O)/C(=C/c2ccc(Cl)cc2)SC1=S. The number of aliphatic carboxylic acids is 1. The highest BCUT2D eigenvalue weighted by atomic mass is 35.5. The van der Waals surface area contributed by atoms with Crippen molar-refractivity contribution in [2.24, 2.45) is 0 Å². The summed E-state index contributed by atoms with van der Waals surface area (Å²) in [7, 11) is 0. The predicted molar refractivity (Wildman–Crippen MR) is 80.9 cm³/mol. The number of nitrogens with zero attached hydrogens (tertiary/aromatic N) is 1.